The highest BCUT2D eigenvalue weighted by Gasteiger charge is 2.40. The molecule has 1 saturated heterocycles. The predicted molar refractivity (Wildman–Crippen MR) is 89.4 cm³/mol. The van der Waals surface area contributed by atoms with Gasteiger partial charge in [-0.05, 0) is 41.8 Å². The van der Waals surface area contributed by atoms with E-state index in [9.17, 15) is 19.1 Å². The van der Waals surface area contributed by atoms with Gasteiger partial charge in [-0.2, -0.15) is 0 Å². The second-order valence-corrected chi connectivity index (χ2v) is 6.26. The van der Waals surface area contributed by atoms with Crippen LogP contribution in [0.3, 0.4) is 0 Å². The molecule has 0 spiro atoms. The number of likely N-dealkylation sites (tertiary alicyclic amines) is 1. The molecule has 1 fully saturated rings. The Bertz CT molecular complexity index is 749. The normalized spacial score (nSPS) is 19.8. The van der Waals surface area contributed by atoms with Crippen LogP contribution in [0.2, 0.25) is 0 Å². The Kier molecular flexibility index (Phi) is 5.07. The van der Waals surface area contributed by atoms with E-state index in [0.29, 0.717) is 19.4 Å². The molecule has 1 N–H and O–H groups in total. The van der Waals surface area contributed by atoms with E-state index in [0.717, 1.165) is 11.1 Å². The number of carboxylic acids is 1. The molecule has 0 aliphatic carbocycles. The number of hydrogen-bond donors (Lipinski definition) is 1. The zero-order valence-corrected chi connectivity index (χ0v) is 13.6. The summed E-state index contributed by atoms with van der Waals surface area (Å²) >= 11 is 0. The van der Waals surface area contributed by atoms with Gasteiger partial charge in [-0.1, -0.05) is 12.1 Å². The van der Waals surface area contributed by atoms with Crippen molar-refractivity contribution in [2.24, 2.45) is 5.92 Å². The summed E-state index contributed by atoms with van der Waals surface area (Å²) in [5, 5.41) is 9.49. The molecule has 0 unspecified atom stereocenters. The average Bonchev–Trinajstić information content (AvgIpc) is 3.07. The molecule has 2 atom stereocenters. The van der Waals surface area contributed by atoms with Gasteiger partial charge in [-0.25, -0.2) is 4.39 Å². The highest BCUT2D eigenvalue weighted by Crippen LogP contribution is 2.33. The molecule has 1 aromatic heterocycles. The molecule has 2 aromatic rings. The summed E-state index contributed by atoms with van der Waals surface area (Å²) < 4.78 is 13.1. The number of carboxylic acid groups (broad SMARTS) is 1. The summed E-state index contributed by atoms with van der Waals surface area (Å²) in [6.45, 7) is 0.532. The Morgan fingerprint density at radius 3 is 2.44 bits per heavy atom. The van der Waals surface area contributed by atoms with Gasteiger partial charge >= 0.3 is 5.97 Å². The van der Waals surface area contributed by atoms with E-state index in [-0.39, 0.29) is 24.2 Å². The minimum absolute atomic E-state index is 0.0623. The standard InChI is InChI=1S/C19H19FN2O3/c20-15-4-2-14(3-5-15)16-11-22(12-17(16)19(24)25)18(23)6-1-13-7-9-21-10-8-13/h2-5,7-10,16-17H,1,6,11-12H2,(H,24,25)/t16-,17+/m1/s1. The molecule has 0 bridgehead atoms. The number of halogens is 1. The van der Waals surface area contributed by atoms with Gasteiger partial charge in [0.05, 0.1) is 5.92 Å². The number of pyridine rings is 1. The van der Waals surface area contributed by atoms with Crippen LogP contribution < -0.4 is 0 Å². The zero-order chi connectivity index (χ0) is 17.8. The first kappa shape index (κ1) is 17.1. The first-order valence-corrected chi connectivity index (χ1v) is 8.19. The number of benzene rings is 1. The van der Waals surface area contributed by atoms with Crippen LogP contribution in [0.5, 0.6) is 0 Å². The van der Waals surface area contributed by atoms with Crippen molar-refractivity contribution < 1.29 is 19.1 Å². The fraction of sp³-hybridized carbons (Fsp3) is 0.316. The molecule has 2 heterocycles. The molecule has 0 radical (unpaired) electrons. The van der Waals surface area contributed by atoms with Crippen molar-refractivity contribution in [1.29, 1.82) is 0 Å². The van der Waals surface area contributed by atoms with Gasteiger partial charge in [0.2, 0.25) is 5.91 Å². The maximum absolute atomic E-state index is 13.1. The third kappa shape index (κ3) is 4.02. The van der Waals surface area contributed by atoms with Crippen molar-refractivity contribution in [3.63, 3.8) is 0 Å². The number of carbonyl (C=O) groups excluding carboxylic acids is 1. The second-order valence-electron chi connectivity index (χ2n) is 6.26. The topological polar surface area (TPSA) is 70.5 Å². The minimum atomic E-state index is -0.932. The van der Waals surface area contributed by atoms with E-state index in [2.05, 4.69) is 4.98 Å². The highest BCUT2D eigenvalue weighted by molar-refractivity contribution is 5.79. The van der Waals surface area contributed by atoms with Crippen molar-refractivity contribution in [3.05, 3.63) is 65.7 Å². The van der Waals surface area contributed by atoms with E-state index < -0.39 is 11.9 Å². The molecule has 1 amide bonds. The molecule has 1 aromatic carbocycles. The Labute approximate surface area is 145 Å². The predicted octanol–water partition coefficient (Wildman–Crippen LogP) is 2.48. The highest BCUT2D eigenvalue weighted by atomic mass is 19.1. The monoisotopic (exact) mass is 342 g/mol. The molecule has 3 rings (SSSR count). The van der Waals surface area contributed by atoms with Gasteiger partial charge in [0.15, 0.2) is 0 Å². The maximum atomic E-state index is 13.1. The van der Waals surface area contributed by atoms with Gasteiger partial charge in [-0.3, -0.25) is 14.6 Å². The van der Waals surface area contributed by atoms with Gasteiger partial charge in [0, 0.05) is 37.8 Å². The number of aromatic nitrogens is 1. The number of nitrogens with zero attached hydrogens (tertiary/aromatic N) is 2. The number of aryl methyl sites for hydroxylation is 1. The first-order valence-electron chi connectivity index (χ1n) is 8.19. The Morgan fingerprint density at radius 2 is 1.80 bits per heavy atom. The van der Waals surface area contributed by atoms with Crippen molar-refractivity contribution in [3.8, 4) is 0 Å². The lowest BCUT2D eigenvalue weighted by molar-refractivity contribution is -0.141. The van der Waals surface area contributed by atoms with Crippen LogP contribution in [-0.4, -0.2) is 40.0 Å². The van der Waals surface area contributed by atoms with Crippen molar-refractivity contribution >= 4 is 11.9 Å². The van der Waals surface area contributed by atoms with Crippen LogP contribution in [0.15, 0.2) is 48.8 Å². The summed E-state index contributed by atoms with van der Waals surface area (Å²) in [5.74, 6) is -2.34. The van der Waals surface area contributed by atoms with Crippen molar-refractivity contribution in [2.45, 2.75) is 18.8 Å². The van der Waals surface area contributed by atoms with Gasteiger partial charge in [0.25, 0.3) is 0 Å². The number of amides is 1. The molecular weight excluding hydrogens is 323 g/mol. The summed E-state index contributed by atoms with van der Waals surface area (Å²) in [7, 11) is 0. The van der Waals surface area contributed by atoms with Crippen molar-refractivity contribution in [1.82, 2.24) is 9.88 Å². The first-order chi connectivity index (χ1) is 12.0. The molecule has 130 valence electrons. The molecule has 25 heavy (non-hydrogen) atoms. The fourth-order valence-corrected chi connectivity index (χ4v) is 3.26. The summed E-state index contributed by atoms with van der Waals surface area (Å²) in [6, 6.07) is 9.56. The lowest BCUT2D eigenvalue weighted by Crippen LogP contribution is -2.30. The molecular formula is C19H19FN2O3. The molecule has 5 nitrogen and oxygen atoms in total. The van der Waals surface area contributed by atoms with Crippen molar-refractivity contribution in [2.75, 3.05) is 13.1 Å². The second kappa shape index (κ2) is 7.42. The van der Waals surface area contributed by atoms with Gasteiger partial charge in [-0.15, -0.1) is 0 Å². The smallest absolute Gasteiger partial charge is 0.308 e. The Morgan fingerprint density at radius 1 is 1.12 bits per heavy atom. The van der Waals surface area contributed by atoms with E-state index in [4.69, 9.17) is 0 Å². The third-order valence-electron chi connectivity index (χ3n) is 4.66. The largest absolute Gasteiger partial charge is 0.481 e. The van der Waals surface area contributed by atoms with Crippen LogP contribution in [0.4, 0.5) is 4.39 Å². The number of rotatable bonds is 5. The maximum Gasteiger partial charge on any atom is 0.308 e. The number of hydrogen-bond acceptors (Lipinski definition) is 3. The van der Waals surface area contributed by atoms with E-state index >= 15 is 0 Å². The molecule has 1 aliphatic heterocycles. The molecule has 0 saturated carbocycles. The zero-order valence-electron chi connectivity index (χ0n) is 13.6. The van der Waals surface area contributed by atoms with Gasteiger partial charge < -0.3 is 10.0 Å². The third-order valence-corrected chi connectivity index (χ3v) is 4.66. The Balaban J connectivity index is 1.68. The van der Waals surface area contributed by atoms with Crippen LogP contribution >= 0.6 is 0 Å². The van der Waals surface area contributed by atoms with Gasteiger partial charge in [0.1, 0.15) is 5.82 Å². The lowest BCUT2D eigenvalue weighted by atomic mass is 9.89. The van der Waals surface area contributed by atoms with Crippen LogP contribution in [0.1, 0.15) is 23.5 Å². The molecule has 1 aliphatic rings. The van der Waals surface area contributed by atoms with Crippen LogP contribution in [0.25, 0.3) is 0 Å². The summed E-state index contributed by atoms with van der Waals surface area (Å²) in [5.41, 5.74) is 1.77. The number of carbonyl (C=O) groups is 2. The summed E-state index contributed by atoms with van der Waals surface area (Å²) in [6.07, 6.45) is 4.28. The van der Waals surface area contributed by atoms with E-state index in [1.54, 1.807) is 29.4 Å². The summed E-state index contributed by atoms with van der Waals surface area (Å²) in [4.78, 5) is 29.6. The SMILES string of the molecule is O=C(O)[C@H]1CN(C(=O)CCc2ccncc2)C[C@@H]1c1ccc(F)cc1. The quantitative estimate of drug-likeness (QED) is 0.906. The Hall–Kier alpha value is -2.76. The number of aliphatic carboxylic acids is 1. The minimum Gasteiger partial charge on any atom is -0.481 e. The van der Waals surface area contributed by atoms with E-state index in [1.807, 2.05) is 12.1 Å². The average molecular weight is 342 g/mol. The molecule has 6 heteroatoms. The van der Waals surface area contributed by atoms with Crippen LogP contribution in [-0.2, 0) is 16.0 Å². The lowest BCUT2D eigenvalue weighted by Gasteiger charge is -2.16. The van der Waals surface area contributed by atoms with E-state index in [1.165, 1.54) is 12.1 Å². The fourth-order valence-electron chi connectivity index (χ4n) is 3.26. The van der Waals surface area contributed by atoms with Crippen LogP contribution in [0, 0.1) is 11.7 Å².